The van der Waals surface area contributed by atoms with E-state index in [4.69, 9.17) is 4.74 Å². The minimum atomic E-state index is -5.10. The molecule has 1 atom stereocenters. The van der Waals surface area contributed by atoms with E-state index in [1.165, 1.54) is 49.9 Å². The van der Waals surface area contributed by atoms with Crippen LogP contribution in [0.5, 0.6) is 11.8 Å². The van der Waals surface area contributed by atoms with Crippen LogP contribution in [0.4, 0.5) is 18.9 Å². The molecule has 0 spiro atoms. The number of alkyl halides is 3. The number of hydrogen-bond donors (Lipinski definition) is 2. The van der Waals surface area contributed by atoms with Crippen molar-refractivity contribution in [3.8, 4) is 11.8 Å². The number of amides is 1. The third kappa shape index (κ3) is 4.51. The Hall–Kier alpha value is -3.47. The number of aromatic nitrogens is 4. The normalized spacial score (nSPS) is 13.6. The highest BCUT2D eigenvalue weighted by Crippen LogP contribution is 2.40. The number of imidazole rings is 1. The second kappa shape index (κ2) is 7.87. The summed E-state index contributed by atoms with van der Waals surface area (Å²) in [6, 6.07) is 7.59. The van der Waals surface area contributed by atoms with Crippen molar-refractivity contribution in [3.05, 3.63) is 60.9 Å². The predicted molar refractivity (Wildman–Crippen MR) is 95.0 cm³/mol. The molecule has 3 aromatic rings. The van der Waals surface area contributed by atoms with Crippen LogP contribution in [-0.4, -0.2) is 36.7 Å². The first kappa shape index (κ1) is 20.3. The molecule has 0 aliphatic heterocycles. The Kier molecular flexibility index (Phi) is 5.50. The van der Waals surface area contributed by atoms with E-state index in [0.29, 0.717) is 5.75 Å². The predicted octanol–water partition coefficient (Wildman–Crippen LogP) is 2.78. The number of ether oxygens (including phenoxy) is 1. The molecule has 2 aromatic heterocycles. The molecule has 0 aliphatic carbocycles. The zero-order valence-electron chi connectivity index (χ0n) is 15.1. The minimum Gasteiger partial charge on any atom is -0.424 e. The average molecular weight is 407 g/mol. The van der Waals surface area contributed by atoms with Gasteiger partial charge in [0.05, 0.1) is 6.42 Å². The van der Waals surface area contributed by atoms with Crippen LogP contribution in [0.1, 0.15) is 12.2 Å². The molecule has 0 aliphatic rings. The maximum atomic E-state index is 13.5. The van der Waals surface area contributed by atoms with Crippen LogP contribution in [0.2, 0.25) is 0 Å². The molecule has 8 nitrogen and oxygen atoms in total. The van der Waals surface area contributed by atoms with Crippen LogP contribution in [0.15, 0.2) is 55.1 Å². The summed E-state index contributed by atoms with van der Waals surface area (Å²) in [6.45, 7) is 0. The lowest BCUT2D eigenvalue weighted by Crippen LogP contribution is -2.46. The van der Waals surface area contributed by atoms with Crippen molar-refractivity contribution in [2.24, 2.45) is 7.05 Å². The van der Waals surface area contributed by atoms with E-state index in [9.17, 15) is 23.1 Å². The molecule has 0 fully saturated rings. The molecule has 1 aromatic carbocycles. The molecule has 3 rings (SSSR count). The fourth-order valence-corrected chi connectivity index (χ4v) is 2.56. The number of carbonyl (C=O) groups is 1. The molecular weight excluding hydrogens is 391 g/mol. The van der Waals surface area contributed by atoms with Crippen LogP contribution in [0.3, 0.4) is 0 Å². The van der Waals surface area contributed by atoms with Crippen molar-refractivity contribution < 1.29 is 27.8 Å². The van der Waals surface area contributed by atoms with Gasteiger partial charge < -0.3 is 19.7 Å². The summed E-state index contributed by atoms with van der Waals surface area (Å²) < 4.78 is 46.9. The van der Waals surface area contributed by atoms with Gasteiger partial charge >= 0.3 is 12.2 Å². The summed E-state index contributed by atoms with van der Waals surface area (Å²) in [4.78, 5) is 23.5. The Morgan fingerprint density at radius 3 is 2.34 bits per heavy atom. The molecule has 2 heterocycles. The number of nitrogens with one attached hydrogen (secondary N) is 1. The maximum Gasteiger partial charge on any atom is 0.425 e. The van der Waals surface area contributed by atoms with Gasteiger partial charge in [-0.25, -0.2) is 15.0 Å². The van der Waals surface area contributed by atoms with Crippen molar-refractivity contribution in [1.82, 2.24) is 19.5 Å². The highest BCUT2D eigenvalue weighted by Gasteiger charge is 2.58. The fraction of sp³-hybridized carbons (Fsp3) is 0.222. The second-order valence-electron chi connectivity index (χ2n) is 6.10. The Morgan fingerprint density at radius 1 is 1.14 bits per heavy atom. The van der Waals surface area contributed by atoms with Gasteiger partial charge in [0.1, 0.15) is 5.75 Å². The van der Waals surface area contributed by atoms with E-state index < -0.39 is 29.9 Å². The standard InChI is InChI=1S/C18H16F3N5O3/c1-26-10-9-22-15(26)17(28,18(19,20)21)11-14(27)25-12-3-5-13(6-4-12)29-16-23-7-2-8-24-16/h2-10,28H,11H2,1H3,(H,25,27). The molecular formula is C18H16F3N5O3. The number of carbonyl (C=O) groups excluding carboxylic acids is 1. The zero-order chi connectivity index (χ0) is 21.1. The SMILES string of the molecule is Cn1ccnc1C(O)(CC(=O)Nc1ccc(Oc2ncccn2)cc1)C(F)(F)F. The van der Waals surface area contributed by atoms with Gasteiger partial charge in [-0.2, -0.15) is 13.2 Å². The van der Waals surface area contributed by atoms with Gasteiger partial charge in [0.15, 0.2) is 5.82 Å². The lowest BCUT2D eigenvalue weighted by molar-refractivity contribution is -0.270. The van der Waals surface area contributed by atoms with Crippen molar-refractivity contribution in [2.75, 3.05) is 5.32 Å². The van der Waals surface area contributed by atoms with Crippen LogP contribution < -0.4 is 10.1 Å². The molecule has 152 valence electrons. The summed E-state index contributed by atoms with van der Waals surface area (Å²) >= 11 is 0. The summed E-state index contributed by atoms with van der Waals surface area (Å²) in [5.41, 5.74) is -3.20. The number of halogens is 3. The third-order valence-electron chi connectivity index (χ3n) is 3.97. The number of rotatable bonds is 6. The van der Waals surface area contributed by atoms with Crippen molar-refractivity contribution in [3.63, 3.8) is 0 Å². The van der Waals surface area contributed by atoms with Crippen molar-refractivity contribution in [1.29, 1.82) is 0 Å². The van der Waals surface area contributed by atoms with E-state index in [1.807, 2.05) is 0 Å². The third-order valence-corrected chi connectivity index (χ3v) is 3.97. The molecule has 1 unspecified atom stereocenters. The van der Waals surface area contributed by atoms with E-state index in [-0.39, 0.29) is 11.7 Å². The first-order chi connectivity index (χ1) is 13.7. The highest BCUT2D eigenvalue weighted by atomic mass is 19.4. The molecule has 2 N–H and O–H groups in total. The summed E-state index contributed by atoms with van der Waals surface area (Å²) in [6.07, 6.45) is -0.993. The Balaban J connectivity index is 1.70. The van der Waals surface area contributed by atoms with E-state index >= 15 is 0 Å². The molecule has 0 saturated heterocycles. The van der Waals surface area contributed by atoms with Gasteiger partial charge in [-0.3, -0.25) is 4.79 Å². The minimum absolute atomic E-state index is 0.120. The highest BCUT2D eigenvalue weighted by molar-refractivity contribution is 5.91. The van der Waals surface area contributed by atoms with Crippen LogP contribution in [0.25, 0.3) is 0 Å². The largest absolute Gasteiger partial charge is 0.425 e. The molecule has 11 heteroatoms. The van der Waals surface area contributed by atoms with Crippen LogP contribution in [0, 0.1) is 0 Å². The number of benzene rings is 1. The lowest BCUT2D eigenvalue weighted by Gasteiger charge is -2.29. The van der Waals surface area contributed by atoms with Gasteiger partial charge in [0, 0.05) is 37.5 Å². The van der Waals surface area contributed by atoms with E-state index in [0.717, 1.165) is 10.8 Å². The number of nitrogens with zero attached hydrogens (tertiary/aromatic N) is 4. The summed E-state index contributed by atoms with van der Waals surface area (Å²) in [5.74, 6) is -1.34. The molecule has 29 heavy (non-hydrogen) atoms. The molecule has 0 saturated carbocycles. The fourth-order valence-electron chi connectivity index (χ4n) is 2.56. The second-order valence-corrected chi connectivity index (χ2v) is 6.10. The number of anilines is 1. The summed E-state index contributed by atoms with van der Waals surface area (Å²) in [7, 11) is 1.30. The first-order valence-corrected chi connectivity index (χ1v) is 8.31. The average Bonchev–Trinajstić information content (AvgIpc) is 3.09. The van der Waals surface area contributed by atoms with E-state index in [2.05, 4.69) is 20.3 Å². The number of hydrogen-bond acceptors (Lipinski definition) is 6. The Morgan fingerprint density at radius 2 is 1.79 bits per heavy atom. The Labute approximate surface area is 163 Å². The first-order valence-electron chi connectivity index (χ1n) is 8.31. The molecule has 1 amide bonds. The maximum absolute atomic E-state index is 13.5. The van der Waals surface area contributed by atoms with Gasteiger partial charge in [0.25, 0.3) is 0 Å². The van der Waals surface area contributed by atoms with Crippen molar-refractivity contribution >= 4 is 11.6 Å². The topological polar surface area (TPSA) is 102 Å². The van der Waals surface area contributed by atoms with Crippen molar-refractivity contribution in [2.45, 2.75) is 18.2 Å². The quantitative estimate of drug-likeness (QED) is 0.652. The van der Waals surface area contributed by atoms with Gasteiger partial charge in [0.2, 0.25) is 11.5 Å². The van der Waals surface area contributed by atoms with Gasteiger partial charge in [-0.1, -0.05) is 0 Å². The van der Waals surface area contributed by atoms with Gasteiger partial charge in [-0.05, 0) is 30.3 Å². The molecule has 0 radical (unpaired) electrons. The van der Waals surface area contributed by atoms with Crippen LogP contribution >= 0.6 is 0 Å². The van der Waals surface area contributed by atoms with E-state index in [1.54, 1.807) is 6.07 Å². The summed E-state index contributed by atoms with van der Waals surface area (Å²) in [5, 5.41) is 12.6. The monoisotopic (exact) mass is 407 g/mol. The molecule has 0 bridgehead atoms. The lowest BCUT2D eigenvalue weighted by atomic mass is 9.97. The van der Waals surface area contributed by atoms with Crippen LogP contribution in [-0.2, 0) is 17.4 Å². The van der Waals surface area contributed by atoms with Gasteiger partial charge in [-0.15, -0.1) is 0 Å². The number of aryl methyl sites for hydroxylation is 1. The number of aliphatic hydroxyl groups is 1. The smallest absolute Gasteiger partial charge is 0.424 e. The Bertz CT molecular complexity index is 976. The zero-order valence-corrected chi connectivity index (χ0v) is 15.1.